The van der Waals surface area contributed by atoms with E-state index in [4.69, 9.17) is 5.73 Å². The third kappa shape index (κ3) is 3.61. The molecule has 0 aromatic carbocycles. The molecule has 0 bridgehead atoms. The van der Waals surface area contributed by atoms with Crippen molar-refractivity contribution in [2.45, 2.75) is 27.7 Å². The van der Waals surface area contributed by atoms with Crippen molar-refractivity contribution >= 4 is 5.71 Å². The summed E-state index contributed by atoms with van der Waals surface area (Å²) in [5.74, 6) is 0. The van der Waals surface area contributed by atoms with Gasteiger partial charge in [0.15, 0.2) is 0 Å². The quantitative estimate of drug-likeness (QED) is 0.605. The van der Waals surface area contributed by atoms with Gasteiger partial charge < -0.3 is 5.73 Å². The standard InChI is InChI=1S/C9H16N2/c1-6(2)11-9(5)7(3)8(4)10/h1,10H2,2-5H3/b8-7-,11-9-. The van der Waals surface area contributed by atoms with E-state index in [9.17, 15) is 0 Å². The fourth-order valence-corrected chi connectivity index (χ4v) is 0.655. The molecule has 0 heterocycles. The molecule has 0 spiro atoms. The van der Waals surface area contributed by atoms with E-state index < -0.39 is 0 Å². The van der Waals surface area contributed by atoms with Crippen LogP contribution in [-0.4, -0.2) is 5.71 Å². The molecule has 2 heteroatoms. The molecular formula is C9H16N2. The van der Waals surface area contributed by atoms with Crippen molar-refractivity contribution in [2.75, 3.05) is 0 Å². The number of hydrogen-bond acceptors (Lipinski definition) is 2. The Kier molecular flexibility index (Phi) is 3.58. The highest BCUT2D eigenvalue weighted by Crippen LogP contribution is 2.02. The molecule has 2 N–H and O–H groups in total. The minimum absolute atomic E-state index is 0.808. The number of aliphatic imine (C=N–C) groups is 1. The highest BCUT2D eigenvalue weighted by molar-refractivity contribution is 5.98. The monoisotopic (exact) mass is 152 g/mol. The minimum Gasteiger partial charge on any atom is -0.402 e. The van der Waals surface area contributed by atoms with Gasteiger partial charge in [0.25, 0.3) is 0 Å². The lowest BCUT2D eigenvalue weighted by Crippen LogP contribution is -2.03. The molecule has 0 aliphatic rings. The first-order chi connectivity index (χ1) is 4.95. The number of nitrogens with two attached hydrogens (primary N) is 1. The van der Waals surface area contributed by atoms with E-state index in [1.807, 2.05) is 27.7 Å². The second kappa shape index (κ2) is 3.96. The van der Waals surface area contributed by atoms with Gasteiger partial charge in [0.1, 0.15) is 0 Å². The second-order valence-corrected chi connectivity index (χ2v) is 2.74. The van der Waals surface area contributed by atoms with Gasteiger partial charge in [-0.25, -0.2) is 0 Å². The predicted octanol–water partition coefficient (Wildman–Crippen LogP) is 2.23. The molecule has 0 aromatic heterocycles. The molecule has 0 saturated heterocycles. The number of allylic oxidation sites excluding steroid dienone is 3. The summed E-state index contributed by atoms with van der Waals surface area (Å²) < 4.78 is 0. The van der Waals surface area contributed by atoms with Gasteiger partial charge in [0, 0.05) is 17.1 Å². The van der Waals surface area contributed by atoms with Crippen LogP contribution >= 0.6 is 0 Å². The van der Waals surface area contributed by atoms with Crippen LogP contribution in [0, 0.1) is 0 Å². The first kappa shape index (κ1) is 9.95. The van der Waals surface area contributed by atoms with Gasteiger partial charge in [0.05, 0.1) is 0 Å². The third-order valence-corrected chi connectivity index (χ3v) is 1.49. The molecule has 11 heavy (non-hydrogen) atoms. The summed E-state index contributed by atoms with van der Waals surface area (Å²) in [5.41, 5.74) is 9.18. The second-order valence-electron chi connectivity index (χ2n) is 2.74. The maximum Gasteiger partial charge on any atom is 0.0421 e. The van der Waals surface area contributed by atoms with E-state index in [1.165, 1.54) is 0 Å². The van der Waals surface area contributed by atoms with Crippen molar-refractivity contribution in [3.05, 3.63) is 23.5 Å². The van der Waals surface area contributed by atoms with Crippen molar-refractivity contribution in [1.29, 1.82) is 0 Å². The molecular weight excluding hydrogens is 136 g/mol. The van der Waals surface area contributed by atoms with Gasteiger partial charge in [-0.3, -0.25) is 4.99 Å². The lowest BCUT2D eigenvalue weighted by molar-refractivity contribution is 1.23. The number of nitrogens with zero attached hydrogens (tertiary/aromatic N) is 1. The van der Waals surface area contributed by atoms with E-state index in [0.29, 0.717) is 0 Å². The van der Waals surface area contributed by atoms with Gasteiger partial charge in [-0.05, 0) is 33.3 Å². The lowest BCUT2D eigenvalue weighted by Gasteiger charge is -2.02. The molecule has 2 nitrogen and oxygen atoms in total. The Bertz CT molecular complexity index is 218. The maximum absolute atomic E-state index is 5.58. The highest BCUT2D eigenvalue weighted by Gasteiger charge is 1.96. The van der Waals surface area contributed by atoms with Crippen molar-refractivity contribution in [3.8, 4) is 0 Å². The number of hydrogen-bond donors (Lipinski definition) is 1. The molecule has 0 fully saturated rings. The SMILES string of the molecule is C=C(C)/N=C(C)\C(C)=C(\C)N. The molecule has 62 valence electrons. The van der Waals surface area contributed by atoms with Crippen LogP contribution in [0.1, 0.15) is 27.7 Å². The van der Waals surface area contributed by atoms with Crippen molar-refractivity contribution in [2.24, 2.45) is 10.7 Å². The lowest BCUT2D eigenvalue weighted by atomic mass is 10.1. The van der Waals surface area contributed by atoms with Crippen molar-refractivity contribution < 1.29 is 0 Å². The van der Waals surface area contributed by atoms with Gasteiger partial charge in [-0.2, -0.15) is 0 Å². The minimum atomic E-state index is 0.808. The molecule has 0 aliphatic heterocycles. The van der Waals surface area contributed by atoms with Crippen LogP contribution in [0.3, 0.4) is 0 Å². The molecule has 0 aliphatic carbocycles. The Morgan fingerprint density at radius 2 is 1.64 bits per heavy atom. The van der Waals surface area contributed by atoms with Crippen LogP contribution in [0.15, 0.2) is 28.5 Å². The highest BCUT2D eigenvalue weighted by atomic mass is 14.7. The van der Waals surface area contributed by atoms with Gasteiger partial charge >= 0.3 is 0 Å². The molecule has 0 aromatic rings. The number of rotatable bonds is 2. The van der Waals surface area contributed by atoms with Gasteiger partial charge in [-0.15, -0.1) is 0 Å². The van der Waals surface area contributed by atoms with E-state index >= 15 is 0 Å². The largest absolute Gasteiger partial charge is 0.402 e. The zero-order chi connectivity index (χ0) is 9.02. The summed E-state index contributed by atoms with van der Waals surface area (Å²) in [6.45, 7) is 11.3. The van der Waals surface area contributed by atoms with Crippen molar-refractivity contribution in [1.82, 2.24) is 0 Å². The fourth-order valence-electron chi connectivity index (χ4n) is 0.655. The molecule has 0 rings (SSSR count). The molecule has 0 unspecified atom stereocenters. The van der Waals surface area contributed by atoms with Crippen LogP contribution in [0.2, 0.25) is 0 Å². The first-order valence-corrected chi connectivity index (χ1v) is 3.59. The summed E-state index contributed by atoms with van der Waals surface area (Å²) in [7, 11) is 0. The zero-order valence-corrected chi connectivity index (χ0v) is 7.73. The predicted molar refractivity (Wildman–Crippen MR) is 50.5 cm³/mol. The van der Waals surface area contributed by atoms with E-state index in [-0.39, 0.29) is 0 Å². The normalized spacial score (nSPS) is 14.4. The third-order valence-electron chi connectivity index (χ3n) is 1.49. The Morgan fingerprint density at radius 1 is 1.18 bits per heavy atom. The van der Waals surface area contributed by atoms with Gasteiger partial charge in [0.2, 0.25) is 0 Å². The summed E-state index contributed by atoms with van der Waals surface area (Å²) >= 11 is 0. The van der Waals surface area contributed by atoms with E-state index in [0.717, 1.165) is 22.7 Å². The topological polar surface area (TPSA) is 38.4 Å². The summed E-state index contributed by atoms with van der Waals surface area (Å²) in [6, 6.07) is 0. The Balaban J connectivity index is 4.63. The van der Waals surface area contributed by atoms with Crippen LogP contribution < -0.4 is 5.73 Å². The average Bonchev–Trinajstić information content (AvgIpc) is 1.84. The molecule has 0 saturated carbocycles. The molecule has 0 radical (unpaired) electrons. The summed E-state index contributed by atoms with van der Waals surface area (Å²) in [6.07, 6.45) is 0. The summed E-state index contributed by atoms with van der Waals surface area (Å²) in [5, 5.41) is 0. The van der Waals surface area contributed by atoms with E-state index in [1.54, 1.807) is 0 Å². The fraction of sp³-hybridized carbons (Fsp3) is 0.444. The Morgan fingerprint density at radius 3 is 1.91 bits per heavy atom. The van der Waals surface area contributed by atoms with E-state index in [2.05, 4.69) is 11.6 Å². The Labute approximate surface area is 68.5 Å². The van der Waals surface area contributed by atoms with Crippen LogP contribution in [0.5, 0.6) is 0 Å². The van der Waals surface area contributed by atoms with Gasteiger partial charge in [-0.1, -0.05) is 6.58 Å². The zero-order valence-electron chi connectivity index (χ0n) is 7.73. The molecule has 0 amide bonds. The van der Waals surface area contributed by atoms with Crippen molar-refractivity contribution in [3.63, 3.8) is 0 Å². The molecule has 0 atom stereocenters. The maximum atomic E-state index is 5.58. The Hall–Kier alpha value is -1.05. The van der Waals surface area contributed by atoms with Crippen LogP contribution in [-0.2, 0) is 0 Å². The smallest absolute Gasteiger partial charge is 0.0421 e. The first-order valence-electron chi connectivity index (χ1n) is 3.59. The summed E-state index contributed by atoms with van der Waals surface area (Å²) in [4.78, 5) is 4.18. The van der Waals surface area contributed by atoms with Crippen LogP contribution in [0.4, 0.5) is 0 Å². The van der Waals surface area contributed by atoms with Crippen LogP contribution in [0.25, 0.3) is 0 Å². The average molecular weight is 152 g/mol.